The number of carbonyl (C=O) groups excluding carboxylic acids is 2. The van der Waals surface area contributed by atoms with Gasteiger partial charge in [-0.15, -0.1) is 0 Å². The lowest BCUT2D eigenvalue weighted by Crippen LogP contribution is -2.31. The quantitative estimate of drug-likeness (QED) is 0.0985. The van der Waals surface area contributed by atoms with Crippen molar-refractivity contribution in [2.24, 2.45) is 0 Å². The van der Waals surface area contributed by atoms with Gasteiger partial charge in [0.2, 0.25) is 6.79 Å². The second kappa shape index (κ2) is 13.3. The zero-order valence-electron chi connectivity index (χ0n) is 26.3. The minimum absolute atomic E-state index is 0.127. The van der Waals surface area contributed by atoms with Crippen LogP contribution >= 0.6 is 0 Å². The minimum atomic E-state index is -0.656. The first kappa shape index (κ1) is 30.6. The largest absolute Gasteiger partial charge is 0.489 e. The number of benzene rings is 6. The molecule has 7 heteroatoms. The van der Waals surface area contributed by atoms with Crippen LogP contribution in [0.4, 0.5) is 0 Å². The summed E-state index contributed by atoms with van der Waals surface area (Å²) in [6.07, 6.45) is -0.656. The molecule has 238 valence electrons. The van der Waals surface area contributed by atoms with E-state index < -0.39 is 18.0 Å². The Bertz CT molecular complexity index is 2060. The molecule has 0 aromatic heterocycles. The molecule has 0 atom stereocenters. The Morgan fingerprint density at radius 1 is 0.688 bits per heavy atom. The van der Waals surface area contributed by atoms with Gasteiger partial charge in [-0.25, -0.2) is 9.59 Å². The molecule has 0 unspecified atom stereocenters. The van der Waals surface area contributed by atoms with Gasteiger partial charge in [0.25, 0.3) is 0 Å². The lowest BCUT2D eigenvalue weighted by molar-refractivity contribution is -0.145. The average Bonchev–Trinajstić information content (AvgIpc) is 3.20. The summed E-state index contributed by atoms with van der Waals surface area (Å²) in [6.45, 7) is 5.17. The summed E-state index contributed by atoms with van der Waals surface area (Å²) in [7, 11) is 0. The van der Waals surface area contributed by atoms with Gasteiger partial charge in [0, 0.05) is 16.7 Å². The van der Waals surface area contributed by atoms with Gasteiger partial charge in [-0.2, -0.15) is 0 Å². The van der Waals surface area contributed by atoms with Crippen molar-refractivity contribution in [2.45, 2.75) is 13.0 Å². The SMILES string of the molecule is C=C(C)C(=O)OCOc1ccc(-c2ccc(C(=O)OC3COc4ccc5ccccc5c4-c4c(ccc5ccccc45)OC3)cc2)cc1. The van der Waals surface area contributed by atoms with E-state index in [0.29, 0.717) is 28.4 Å². The summed E-state index contributed by atoms with van der Waals surface area (Å²) in [5.41, 5.74) is 4.46. The van der Waals surface area contributed by atoms with E-state index in [9.17, 15) is 9.59 Å². The van der Waals surface area contributed by atoms with Crippen LogP contribution in [0.25, 0.3) is 43.8 Å². The molecule has 0 aliphatic carbocycles. The molecule has 0 saturated carbocycles. The molecule has 1 aliphatic heterocycles. The molecule has 1 heterocycles. The highest BCUT2D eigenvalue weighted by Gasteiger charge is 2.25. The first-order chi connectivity index (χ1) is 23.4. The van der Waals surface area contributed by atoms with Gasteiger partial charge in [-0.05, 0) is 76.0 Å². The molecule has 7 nitrogen and oxygen atoms in total. The second-order valence-electron chi connectivity index (χ2n) is 11.5. The van der Waals surface area contributed by atoms with E-state index in [1.165, 1.54) is 0 Å². The molecule has 1 aliphatic rings. The summed E-state index contributed by atoms with van der Waals surface area (Å²) in [5, 5.41) is 4.29. The molecule has 0 N–H and O–H groups in total. The first-order valence-electron chi connectivity index (χ1n) is 15.6. The van der Waals surface area contributed by atoms with E-state index in [2.05, 4.69) is 30.8 Å². The maximum absolute atomic E-state index is 13.3. The van der Waals surface area contributed by atoms with Gasteiger partial charge >= 0.3 is 11.9 Å². The van der Waals surface area contributed by atoms with E-state index >= 15 is 0 Å². The van der Waals surface area contributed by atoms with Crippen LogP contribution in [0.2, 0.25) is 0 Å². The molecule has 0 amide bonds. The van der Waals surface area contributed by atoms with E-state index in [4.69, 9.17) is 23.7 Å². The molecule has 7 rings (SSSR count). The van der Waals surface area contributed by atoms with Crippen molar-refractivity contribution in [3.8, 4) is 39.5 Å². The molecule has 0 fully saturated rings. The second-order valence-corrected chi connectivity index (χ2v) is 11.5. The number of rotatable bonds is 7. The molecule has 6 aromatic carbocycles. The highest BCUT2D eigenvalue weighted by molar-refractivity contribution is 6.09. The van der Waals surface area contributed by atoms with Crippen LogP contribution < -0.4 is 14.2 Å². The van der Waals surface area contributed by atoms with Crippen molar-refractivity contribution in [2.75, 3.05) is 20.0 Å². The van der Waals surface area contributed by atoms with Crippen molar-refractivity contribution in [1.29, 1.82) is 0 Å². The Morgan fingerprint density at radius 2 is 1.21 bits per heavy atom. The highest BCUT2D eigenvalue weighted by Crippen LogP contribution is 2.46. The Kier molecular flexibility index (Phi) is 8.49. The lowest BCUT2D eigenvalue weighted by atomic mass is 9.92. The van der Waals surface area contributed by atoms with Crippen LogP contribution in [0, 0.1) is 0 Å². The minimum Gasteiger partial charge on any atom is -0.489 e. The lowest BCUT2D eigenvalue weighted by Gasteiger charge is -2.18. The van der Waals surface area contributed by atoms with Crippen molar-refractivity contribution < 1.29 is 33.3 Å². The Hall–Kier alpha value is -6.08. The zero-order chi connectivity index (χ0) is 33.0. The van der Waals surface area contributed by atoms with Gasteiger partial charge in [0.15, 0.2) is 6.10 Å². The van der Waals surface area contributed by atoms with Crippen LogP contribution in [-0.2, 0) is 14.3 Å². The van der Waals surface area contributed by atoms with E-state index in [0.717, 1.165) is 43.8 Å². The molecular weight excluding hydrogens is 604 g/mol. The van der Waals surface area contributed by atoms with Gasteiger partial charge < -0.3 is 23.7 Å². The third-order valence-electron chi connectivity index (χ3n) is 8.23. The van der Waals surface area contributed by atoms with Gasteiger partial charge in [-0.3, -0.25) is 0 Å². The molecule has 0 spiro atoms. The van der Waals surface area contributed by atoms with E-state index in [-0.39, 0.29) is 20.0 Å². The van der Waals surface area contributed by atoms with Crippen LogP contribution in [-0.4, -0.2) is 38.0 Å². The standard InChI is InChI=1S/C41H32O7/c1-26(2)40(42)47-25-46-32-19-15-28(16-20-32)27-11-13-31(14-12-27)41(43)48-33-23-44-36-21-17-29-7-3-5-9-34(29)38(36)39-35-10-6-4-8-30(35)18-22-37(39)45-24-33/h3-22,33H,1,23-25H2,2H3. The van der Waals surface area contributed by atoms with E-state index in [1.807, 2.05) is 72.8 Å². The summed E-state index contributed by atoms with van der Waals surface area (Å²) >= 11 is 0. The van der Waals surface area contributed by atoms with Crippen LogP contribution in [0.5, 0.6) is 17.2 Å². The van der Waals surface area contributed by atoms with Crippen LogP contribution in [0.1, 0.15) is 17.3 Å². The summed E-state index contributed by atoms with van der Waals surface area (Å²) < 4.78 is 29.2. The van der Waals surface area contributed by atoms with Crippen molar-refractivity contribution >= 4 is 33.5 Å². The van der Waals surface area contributed by atoms with E-state index in [1.54, 1.807) is 31.2 Å². The number of esters is 2. The summed E-state index contributed by atoms with van der Waals surface area (Å²) in [6, 6.07) is 39.0. The highest BCUT2D eigenvalue weighted by atomic mass is 16.7. The fraction of sp³-hybridized carbons (Fsp3) is 0.122. The zero-order valence-corrected chi connectivity index (χ0v) is 26.3. The molecule has 6 aromatic rings. The van der Waals surface area contributed by atoms with Gasteiger partial charge in [0.1, 0.15) is 30.5 Å². The Morgan fingerprint density at radius 3 is 1.75 bits per heavy atom. The number of carbonyl (C=O) groups is 2. The maximum Gasteiger partial charge on any atom is 0.338 e. The summed E-state index contributed by atoms with van der Waals surface area (Å²) in [4.78, 5) is 24.9. The Labute approximate surface area is 277 Å². The van der Waals surface area contributed by atoms with Crippen LogP contribution in [0.15, 0.2) is 133 Å². The fourth-order valence-corrected chi connectivity index (χ4v) is 5.78. The van der Waals surface area contributed by atoms with Crippen molar-refractivity contribution in [1.82, 2.24) is 0 Å². The number of fused-ring (bicyclic) bond motifs is 7. The molecular formula is C41H32O7. The van der Waals surface area contributed by atoms with Crippen molar-refractivity contribution in [3.63, 3.8) is 0 Å². The smallest absolute Gasteiger partial charge is 0.338 e. The molecule has 48 heavy (non-hydrogen) atoms. The van der Waals surface area contributed by atoms with Crippen molar-refractivity contribution in [3.05, 3.63) is 139 Å². The third kappa shape index (κ3) is 6.31. The number of hydrogen-bond acceptors (Lipinski definition) is 7. The molecule has 0 saturated heterocycles. The average molecular weight is 637 g/mol. The molecule has 0 bridgehead atoms. The monoisotopic (exact) mass is 636 g/mol. The van der Waals surface area contributed by atoms with Gasteiger partial charge in [0.05, 0.1) is 5.56 Å². The maximum atomic E-state index is 13.3. The van der Waals surface area contributed by atoms with Gasteiger partial charge in [-0.1, -0.05) is 91.5 Å². The fourth-order valence-electron chi connectivity index (χ4n) is 5.78. The van der Waals surface area contributed by atoms with Crippen LogP contribution in [0.3, 0.4) is 0 Å². The molecule has 0 radical (unpaired) electrons. The first-order valence-corrected chi connectivity index (χ1v) is 15.6. The predicted octanol–water partition coefficient (Wildman–Crippen LogP) is 8.78. The normalized spacial score (nSPS) is 12.7. The topological polar surface area (TPSA) is 80.3 Å². The summed E-state index contributed by atoms with van der Waals surface area (Å²) in [5.74, 6) is 0.981. The number of ether oxygens (including phenoxy) is 5. The third-order valence-corrected chi connectivity index (χ3v) is 8.23. The number of hydrogen-bond donors (Lipinski definition) is 0. The Balaban J connectivity index is 1.08. The predicted molar refractivity (Wildman–Crippen MR) is 185 cm³/mol.